The lowest BCUT2D eigenvalue weighted by molar-refractivity contribution is -0.124. The van der Waals surface area contributed by atoms with Gasteiger partial charge in [0, 0.05) is 36.9 Å². The molecule has 0 aromatic heterocycles. The molecule has 2 aliphatic heterocycles. The average Bonchev–Trinajstić information content (AvgIpc) is 3.03. The summed E-state index contributed by atoms with van der Waals surface area (Å²) in [5.74, 6) is -0.154. The normalized spacial score (nSPS) is 19.6. The van der Waals surface area contributed by atoms with E-state index in [0.717, 1.165) is 23.2 Å². The minimum absolute atomic E-state index is 0.0122. The van der Waals surface area contributed by atoms with Crippen LogP contribution in [0.2, 0.25) is 0 Å². The second-order valence-corrected chi connectivity index (χ2v) is 8.11. The molecule has 0 radical (unpaired) electrons. The molecule has 2 aromatic carbocycles. The monoisotopic (exact) mass is 378 g/mol. The van der Waals surface area contributed by atoms with Gasteiger partial charge in [0.15, 0.2) is 0 Å². The highest BCUT2D eigenvalue weighted by Crippen LogP contribution is 2.33. The number of rotatable bonds is 4. The van der Waals surface area contributed by atoms with Crippen LogP contribution in [0.25, 0.3) is 0 Å². The molecule has 2 aromatic rings. The van der Waals surface area contributed by atoms with Crippen LogP contribution in [0.15, 0.2) is 48.5 Å². The molecular formula is C23H26N2O3. The third kappa shape index (κ3) is 3.10. The first-order valence-electron chi connectivity index (χ1n) is 9.90. The van der Waals surface area contributed by atoms with Crippen LogP contribution >= 0.6 is 0 Å². The molecule has 0 saturated heterocycles. The molecule has 0 bridgehead atoms. The first-order chi connectivity index (χ1) is 13.5. The summed E-state index contributed by atoms with van der Waals surface area (Å²) in [5.41, 5.74) is 3.62. The molecule has 5 nitrogen and oxygen atoms in total. The Kier molecular flexibility index (Phi) is 4.94. The molecule has 5 heteroatoms. The Bertz CT molecular complexity index is 908. The minimum atomic E-state index is -0.537. The number of para-hydroxylation sites is 1. The highest BCUT2D eigenvalue weighted by Gasteiger charge is 2.41. The number of carbonyl (C=O) groups excluding carboxylic acids is 2. The maximum Gasteiger partial charge on any atom is 0.255 e. The summed E-state index contributed by atoms with van der Waals surface area (Å²) in [4.78, 5) is 30.2. The molecule has 2 atom stereocenters. The summed E-state index contributed by atoms with van der Waals surface area (Å²) in [6.45, 7) is 4.95. The molecule has 4 rings (SSSR count). The van der Waals surface area contributed by atoms with E-state index in [1.54, 1.807) is 9.80 Å². The van der Waals surface area contributed by atoms with E-state index in [4.69, 9.17) is 0 Å². The number of nitrogens with zero attached hydrogens (tertiary/aromatic N) is 2. The summed E-state index contributed by atoms with van der Waals surface area (Å²) < 4.78 is 0. The number of fused-ring (bicyclic) bond motifs is 2. The fourth-order valence-corrected chi connectivity index (χ4v) is 4.45. The number of benzene rings is 2. The van der Waals surface area contributed by atoms with Gasteiger partial charge in [-0.3, -0.25) is 9.59 Å². The molecule has 1 unspecified atom stereocenters. The van der Waals surface area contributed by atoms with Gasteiger partial charge < -0.3 is 14.9 Å². The molecule has 146 valence electrons. The van der Waals surface area contributed by atoms with E-state index in [2.05, 4.69) is 0 Å². The fraction of sp³-hybridized carbons (Fsp3) is 0.391. The third-order valence-corrected chi connectivity index (χ3v) is 5.83. The van der Waals surface area contributed by atoms with Gasteiger partial charge >= 0.3 is 0 Å². The number of hydrogen-bond donors (Lipinski definition) is 1. The zero-order valence-corrected chi connectivity index (χ0v) is 16.3. The van der Waals surface area contributed by atoms with Crippen LogP contribution < -0.4 is 4.90 Å². The zero-order valence-electron chi connectivity index (χ0n) is 16.3. The quantitative estimate of drug-likeness (QED) is 0.890. The van der Waals surface area contributed by atoms with Crippen molar-refractivity contribution < 1.29 is 14.7 Å². The summed E-state index contributed by atoms with van der Waals surface area (Å²) in [7, 11) is 0. The van der Waals surface area contributed by atoms with Gasteiger partial charge in [-0.15, -0.1) is 0 Å². The molecule has 2 amide bonds. The summed E-state index contributed by atoms with van der Waals surface area (Å²) in [5, 5.41) is 9.73. The lowest BCUT2D eigenvalue weighted by Crippen LogP contribution is -2.54. The average molecular weight is 378 g/mol. The lowest BCUT2D eigenvalue weighted by Gasteiger charge is -2.39. The van der Waals surface area contributed by atoms with Crippen molar-refractivity contribution in [2.75, 3.05) is 18.1 Å². The van der Waals surface area contributed by atoms with E-state index < -0.39 is 6.04 Å². The number of hydrogen-bond acceptors (Lipinski definition) is 3. The fourth-order valence-electron chi connectivity index (χ4n) is 4.45. The highest BCUT2D eigenvalue weighted by molar-refractivity contribution is 6.05. The van der Waals surface area contributed by atoms with Crippen molar-refractivity contribution in [2.24, 2.45) is 11.8 Å². The van der Waals surface area contributed by atoms with Gasteiger partial charge in [-0.2, -0.15) is 0 Å². The van der Waals surface area contributed by atoms with Crippen LogP contribution in [0.5, 0.6) is 0 Å². The van der Waals surface area contributed by atoms with Crippen molar-refractivity contribution in [1.29, 1.82) is 0 Å². The maximum atomic E-state index is 13.7. The Labute approximate surface area is 165 Å². The van der Waals surface area contributed by atoms with Crippen LogP contribution in [0.1, 0.15) is 35.3 Å². The SMILES string of the molecule is CC(C)[C@@H](C(=O)N1CC(CO)Cc2ccccc21)N1Cc2ccccc2C1=O. The summed E-state index contributed by atoms with van der Waals surface area (Å²) in [6, 6.07) is 14.9. The number of anilines is 1. The van der Waals surface area contributed by atoms with Crippen LogP contribution in [-0.4, -0.2) is 41.0 Å². The summed E-state index contributed by atoms with van der Waals surface area (Å²) >= 11 is 0. The van der Waals surface area contributed by atoms with Crippen molar-refractivity contribution in [3.8, 4) is 0 Å². The smallest absolute Gasteiger partial charge is 0.255 e. The van der Waals surface area contributed by atoms with Crippen molar-refractivity contribution in [3.63, 3.8) is 0 Å². The number of aliphatic hydroxyl groups excluding tert-OH is 1. The van der Waals surface area contributed by atoms with Crippen LogP contribution in [0, 0.1) is 11.8 Å². The Morgan fingerprint density at radius 1 is 1.11 bits per heavy atom. The second-order valence-electron chi connectivity index (χ2n) is 8.11. The first-order valence-corrected chi connectivity index (χ1v) is 9.90. The van der Waals surface area contributed by atoms with Gasteiger partial charge in [-0.25, -0.2) is 0 Å². The topological polar surface area (TPSA) is 60.9 Å². The van der Waals surface area contributed by atoms with Crippen molar-refractivity contribution in [1.82, 2.24) is 4.90 Å². The number of aliphatic hydroxyl groups is 1. The van der Waals surface area contributed by atoms with E-state index in [-0.39, 0.29) is 30.3 Å². The van der Waals surface area contributed by atoms with E-state index in [1.807, 2.05) is 62.4 Å². The first kappa shape index (κ1) is 18.7. The number of amides is 2. The molecule has 0 aliphatic carbocycles. The van der Waals surface area contributed by atoms with Gasteiger partial charge in [0.2, 0.25) is 5.91 Å². The third-order valence-electron chi connectivity index (χ3n) is 5.83. The van der Waals surface area contributed by atoms with E-state index in [1.165, 1.54) is 0 Å². The lowest BCUT2D eigenvalue weighted by atomic mass is 9.91. The maximum absolute atomic E-state index is 13.7. The molecule has 1 N–H and O–H groups in total. The number of carbonyl (C=O) groups is 2. The van der Waals surface area contributed by atoms with Gasteiger partial charge in [0.1, 0.15) is 6.04 Å². The predicted octanol–water partition coefficient (Wildman–Crippen LogP) is 2.86. The standard InChI is InChI=1S/C23H26N2O3/c1-15(2)21(25-13-18-8-3-5-9-19(18)22(25)27)23(28)24-12-16(14-26)11-17-7-4-6-10-20(17)24/h3-10,15-16,21,26H,11-14H2,1-2H3/t16?,21-/m0/s1. The van der Waals surface area contributed by atoms with Crippen LogP contribution in [0.4, 0.5) is 5.69 Å². The van der Waals surface area contributed by atoms with Crippen molar-refractivity contribution in [3.05, 3.63) is 65.2 Å². The van der Waals surface area contributed by atoms with Gasteiger partial charge in [-0.1, -0.05) is 50.2 Å². The zero-order chi connectivity index (χ0) is 19.8. The van der Waals surface area contributed by atoms with Gasteiger partial charge in [0.25, 0.3) is 5.91 Å². The molecule has 2 heterocycles. The van der Waals surface area contributed by atoms with Crippen molar-refractivity contribution in [2.45, 2.75) is 32.9 Å². The van der Waals surface area contributed by atoms with E-state index in [9.17, 15) is 14.7 Å². The second kappa shape index (κ2) is 7.40. The molecule has 0 saturated carbocycles. The Hall–Kier alpha value is -2.66. The van der Waals surface area contributed by atoms with E-state index >= 15 is 0 Å². The minimum Gasteiger partial charge on any atom is -0.396 e. The highest BCUT2D eigenvalue weighted by atomic mass is 16.3. The molecular weight excluding hydrogens is 352 g/mol. The van der Waals surface area contributed by atoms with Gasteiger partial charge in [-0.05, 0) is 35.6 Å². The summed E-state index contributed by atoms with van der Waals surface area (Å²) in [6.07, 6.45) is 0.761. The Morgan fingerprint density at radius 2 is 1.79 bits per heavy atom. The Morgan fingerprint density at radius 3 is 2.46 bits per heavy atom. The van der Waals surface area contributed by atoms with E-state index in [0.29, 0.717) is 18.7 Å². The van der Waals surface area contributed by atoms with Crippen LogP contribution in [0.3, 0.4) is 0 Å². The largest absolute Gasteiger partial charge is 0.396 e. The predicted molar refractivity (Wildman–Crippen MR) is 108 cm³/mol. The van der Waals surface area contributed by atoms with Gasteiger partial charge in [0.05, 0.1) is 0 Å². The molecule has 0 fully saturated rings. The molecule has 2 aliphatic rings. The Balaban J connectivity index is 1.68. The van der Waals surface area contributed by atoms with Crippen LogP contribution in [-0.2, 0) is 17.8 Å². The van der Waals surface area contributed by atoms with Crippen molar-refractivity contribution >= 4 is 17.5 Å². The molecule has 0 spiro atoms. The molecule has 28 heavy (non-hydrogen) atoms.